The van der Waals surface area contributed by atoms with Crippen LogP contribution in [0.4, 0.5) is 20.6 Å². The summed E-state index contributed by atoms with van der Waals surface area (Å²) >= 11 is 0. The lowest BCUT2D eigenvalue weighted by Crippen LogP contribution is -2.33. The molecule has 142 valence electrons. The van der Waals surface area contributed by atoms with Crippen molar-refractivity contribution in [3.05, 3.63) is 59.9 Å². The van der Waals surface area contributed by atoms with Gasteiger partial charge in [0.1, 0.15) is 5.82 Å². The highest BCUT2D eigenvalue weighted by Gasteiger charge is 2.09. The Bertz CT molecular complexity index is 839. The fourth-order valence-electron chi connectivity index (χ4n) is 2.19. The van der Waals surface area contributed by atoms with E-state index in [1.54, 1.807) is 38.4 Å². The lowest BCUT2D eigenvalue weighted by Gasteiger charge is -2.11. The molecule has 2 rings (SSSR count). The van der Waals surface area contributed by atoms with E-state index < -0.39 is 17.8 Å². The minimum atomic E-state index is -0.482. The first-order valence-electron chi connectivity index (χ1n) is 8.27. The zero-order valence-electron chi connectivity index (χ0n) is 15.1. The van der Waals surface area contributed by atoms with Gasteiger partial charge in [-0.1, -0.05) is 12.1 Å². The van der Waals surface area contributed by atoms with Crippen LogP contribution in [0.1, 0.15) is 16.8 Å². The first-order chi connectivity index (χ1) is 12.8. The molecule has 0 aliphatic heterocycles. The average Bonchev–Trinajstić information content (AvgIpc) is 2.61. The molecule has 2 aromatic carbocycles. The predicted molar refractivity (Wildman–Crippen MR) is 101 cm³/mol. The van der Waals surface area contributed by atoms with Gasteiger partial charge in [0.15, 0.2) is 0 Å². The second-order valence-electron chi connectivity index (χ2n) is 5.96. The van der Waals surface area contributed by atoms with E-state index >= 15 is 0 Å². The van der Waals surface area contributed by atoms with E-state index in [9.17, 15) is 18.8 Å². The third-order valence-corrected chi connectivity index (χ3v) is 3.59. The number of nitrogens with zero attached hydrogens (tertiary/aromatic N) is 1. The highest BCUT2D eigenvalue weighted by molar-refractivity contribution is 6.05. The van der Waals surface area contributed by atoms with Gasteiger partial charge in [0.25, 0.3) is 5.91 Å². The maximum Gasteiger partial charge on any atom is 0.319 e. The normalized spacial score (nSPS) is 10.0. The molecule has 0 fully saturated rings. The Morgan fingerprint density at radius 1 is 0.963 bits per heavy atom. The fourth-order valence-corrected chi connectivity index (χ4v) is 2.19. The third kappa shape index (κ3) is 6.43. The first-order valence-corrected chi connectivity index (χ1v) is 8.27. The summed E-state index contributed by atoms with van der Waals surface area (Å²) in [5, 5.41) is 7.76. The second kappa shape index (κ2) is 9.33. The molecule has 0 unspecified atom stereocenters. The van der Waals surface area contributed by atoms with Crippen molar-refractivity contribution in [2.24, 2.45) is 0 Å². The van der Waals surface area contributed by atoms with Gasteiger partial charge >= 0.3 is 6.03 Å². The molecule has 7 nitrogen and oxygen atoms in total. The van der Waals surface area contributed by atoms with Crippen LogP contribution in [0.3, 0.4) is 0 Å². The van der Waals surface area contributed by atoms with E-state index in [2.05, 4.69) is 16.0 Å². The van der Waals surface area contributed by atoms with Crippen molar-refractivity contribution in [2.45, 2.75) is 6.42 Å². The van der Waals surface area contributed by atoms with Crippen LogP contribution < -0.4 is 16.0 Å². The maximum atomic E-state index is 13.2. The van der Waals surface area contributed by atoms with E-state index in [4.69, 9.17) is 0 Å². The number of hydrogen-bond acceptors (Lipinski definition) is 3. The molecule has 0 spiro atoms. The Morgan fingerprint density at radius 2 is 1.63 bits per heavy atom. The van der Waals surface area contributed by atoms with Crippen LogP contribution in [0.25, 0.3) is 0 Å². The number of benzene rings is 2. The number of urea groups is 1. The van der Waals surface area contributed by atoms with Crippen LogP contribution in [0.15, 0.2) is 48.5 Å². The molecule has 27 heavy (non-hydrogen) atoms. The fraction of sp³-hybridized carbons (Fsp3) is 0.211. The number of anilines is 2. The van der Waals surface area contributed by atoms with Crippen LogP contribution in [0.2, 0.25) is 0 Å². The smallest absolute Gasteiger partial charge is 0.319 e. The molecule has 4 amide bonds. The van der Waals surface area contributed by atoms with Crippen LogP contribution in [0.5, 0.6) is 0 Å². The van der Waals surface area contributed by atoms with Crippen LogP contribution in [-0.4, -0.2) is 43.4 Å². The molecule has 0 atom stereocenters. The van der Waals surface area contributed by atoms with Gasteiger partial charge in [0.2, 0.25) is 5.91 Å². The van der Waals surface area contributed by atoms with Gasteiger partial charge in [0.05, 0.1) is 0 Å². The number of halogens is 1. The first kappa shape index (κ1) is 19.9. The van der Waals surface area contributed by atoms with Gasteiger partial charge < -0.3 is 20.9 Å². The molecule has 0 aromatic heterocycles. The molecular weight excluding hydrogens is 351 g/mol. The third-order valence-electron chi connectivity index (χ3n) is 3.59. The molecule has 0 saturated carbocycles. The molecule has 0 aliphatic carbocycles. The van der Waals surface area contributed by atoms with Crippen LogP contribution in [-0.2, 0) is 4.79 Å². The van der Waals surface area contributed by atoms with Crippen LogP contribution in [0, 0.1) is 5.82 Å². The summed E-state index contributed by atoms with van der Waals surface area (Å²) in [7, 11) is 3.28. The molecule has 8 heteroatoms. The van der Waals surface area contributed by atoms with Crippen molar-refractivity contribution in [3.8, 4) is 0 Å². The van der Waals surface area contributed by atoms with Gasteiger partial charge in [-0.15, -0.1) is 0 Å². The predicted octanol–water partition coefficient (Wildman–Crippen LogP) is 2.68. The van der Waals surface area contributed by atoms with Crippen LogP contribution >= 0.6 is 0 Å². The monoisotopic (exact) mass is 372 g/mol. The van der Waals surface area contributed by atoms with Gasteiger partial charge in [-0.25, -0.2) is 9.18 Å². The van der Waals surface area contributed by atoms with E-state index in [-0.39, 0.29) is 18.9 Å². The van der Waals surface area contributed by atoms with E-state index in [0.717, 1.165) is 0 Å². The summed E-state index contributed by atoms with van der Waals surface area (Å²) in [5.74, 6) is -0.972. The molecule has 0 saturated heterocycles. The highest BCUT2D eigenvalue weighted by Crippen LogP contribution is 2.14. The van der Waals surface area contributed by atoms with Gasteiger partial charge in [-0.3, -0.25) is 9.59 Å². The number of amides is 4. The molecule has 0 bridgehead atoms. The van der Waals surface area contributed by atoms with Crippen molar-refractivity contribution < 1.29 is 18.8 Å². The average molecular weight is 372 g/mol. The number of carbonyl (C=O) groups excluding carboxylic acids is 3. The summed E-state index contributed by atoms with van der Waals surface area (Å²) in [6.07, 6.45) is 0.191. The molecule has 2 aromatic rings. The lowest BCUT2D eigenvalue weighted by molar-refractivity contribution is -0.128. The van der Waals surface area contributed by atoms with Gasteiger partial charge in [-0.2, -0.15) is 0 Å². The number of rotatable bonds is 6. The maximum absolute atomic E-state index is 13.2. The van der Waals surface area contributed by atoms with Gasteiger partial charge in [0, 0.05) is 44.0 Å². The summed E-state index contributed by atoms with van der Waals surface area (Å²) < 4.78 is 13.2. The van der Waals surface area contributed by atoms with E-state index in [1.807, 2.05) is 0 Å². The number of carbonyl (C=O) groups is 3. The lowest BCUT2D eigenvalue weighted by atomic mass is 10.2. The van der Waals surface area contributed by atoms with Crippen molar-refractivity contribution >= 4 is 29.2 Å². The Balaban J connectivity index is 1.91. The molecule has 0 radical (unpaired) electrons. The molecule has 3 N–H and O–H groups in total. The number of hydrogen-bond donors (Lipinski definition) is 3. The van der Waals surface area contributed by atoms with E-state index in [0.29, 0.717) is 16.9 Å². The summed E-state index contributed by atoms with van der Waals surface area (Å²) in [5.41, 5.74) is 1.06. The summed E-state index contributed by atoms with van der Waals surface area (Å²) in [4.78, 5) is 37.1. The summed E-state index contributed by atoms with van der Waals surface area (Å²) in [6, 6.07) is 11.4. The molecule has 0 aliphatic rings. The van der Waals surface area contributed by atoms with Crippen molar-refractivity contribution in [1.29, 1.82) is 0 Å². The van der Waals surface area contributed by atoms with Gasteiger partial charge in [-0.05, 0) is 36.4 Å². The Kier molecular flexibility index (Phi) is 6.87. The molecule has 0 heterocycles. The minimum absolute atomic E-state index is 0.0914. The SMILES string of the molecule is CN(C)C(=O)CCNC(=O)Nc1cccc(C(=O)Nc2cccc(F)c2)c1. The van der Waals surface area contributed by atoms with E-state index in [1.165, 1.54) is 29.2 Å². The minimum Gasteiger partial charge on any atom is -0.349 e. The quantitative estimate of drug-likeness (QED) is 0.728. The van der Waals surface area contributed by atoms with Crippen molar-refractivity contribution in [1.82, 2.24) is 10.2 Å². The molecular formula is C19H21FN4O3. The highest BCUT2D eigenvalue weighted by atomic mass is 19.1. The largest absolute Gasteiger partial charge is 0.349 e. The Labute approximate surface area is 156 Å². The topological polar surface area (TPSA) is 90.5 Å². The standard InChI is InChI=1S/C19H21FN4O3/c1-24(2)17(25)9-10-21-19(27)23-15-7-3-5-13(11-15)18(26)22-16-8-4-6-14(20)12-16/h3-8,11-12H,9-10H2,1-2H3,(H,22,26)(H2,21,23,27). The number of nitrogens with one attached hydrogen (secondary N) is 3. The summed E-state index contributed by atoms with van der Waals surface area (Å²) in [6.45, 7) is 0.197. The zero-order valence-corrected chi connectivity index (χ0v) is 15.1. The second-order valence-corrected chi connectivity index (χ2v) is 5.96. The Morgan fingerprint density at radius 3 is 2.30 bits per heavy atom. The zero-order chi connectivity index (χ0) is 19.8. The van der Waals surface area contributed by atoms with Crippen molar-refractivity contribution in [3.63, 3.8) is 0 Å². The van der Waals surface area contributed by atoms with Crippen molar-refractivity contribution in [2.75, 3.05) is 31.3 Å². The Hall–Kier alpha value is -3.42.